The van der Waals surface area contributed by atoms with Crippen LogP contribution in [0.3, 0.4) is 0 Å². The summed E-state index contributed by atoms with van der Waals surface area (Å²) in [5.74, 6) is 0. The molecule has 1 N–H and O–H groups in total. The van der Waals surface area contributed by atoms with E-state index in [0.717, 1.165) is 6.04 Å². The molecule has 15 heavy (non-hydrogen) atoms. The first-order valence-electron chi connectivity index (χ1n) is 6.21. The molecule has 0 unspecified atom stereocenters. The first-order valence-corrected chi connectivity index (χ1v) is 7.09. The second kappa shape index (κ2) is 6.29. The van der Waals surface area contributed by atoms with E-state index in [-0.39, 0.29) is 0 Å². The number of thiophene rings is 1. The van der Waals surface area contributed by atoms with E-state index < -0.39 is 0 Å². The number of hydrogen-bond donors (Lipinski definition) is 1. The maximum absolute atomic E-state index is 3.69. The second-order valence-electron chi connectivity index (χ2n) is 4.47. The molecule has 1 heterocycles. The summed E-state index contributed by atoms with van der Waals surface area (Å²) in [6, 6.07) is 5.21. The van der Waals surface area contributed by atoms with Gasteiger partial charge in [-0.05, 0) is 43.7 Å². The maximum Gasteiger partial charge on any atom is 0.00670 e. The quantitative estimate of drug-likeness (QED) is 0.752. The van der Waals surface area contributed by atoms with Gasteiger partial charge in [-0.15, -0.1) is 11.3 Å². The standard InChI is InChI=1S/C13H21NS/c1-2-6-12(7-3-1)14-10-4-8-13-9-5-11-15-13/h5,9,11-12,14H,1-4,6-8,10H2. The Balaban J connectivity index is 1.54. The SMILES string of the molecule is c1csc(CCCNC2CCCCC2)c1. The first kappa shape index (κ1) is 11.2. The van der Waals surface area contributed by atoms with Gasteiger partial charge in [-0.1, -0.05) is 25.3 Å². The molecule has 0 radical (unpaired) electrons. The van der Waals surface area contributed by atoms with E-state index in [2.05, 4.69) is 22.8 Å². The Labute approximate surface area is 96.9 Å². The normalized spacial score (nSPS) is 18.1. The average molecular weight is 223 g/mol. The fourth-order valence-electron chi connectivity index (χ4n) is 2.33. The summed E-state index contributed by atoms with van der Waals surface area (Å²) < 4.78 is 0. The highest BCUT2D eigenvalue weighted by atomic mass is 32.1. The number of hydrogen-bond acceptors (Lipinski definition) is 2. The minimum Gasteiger partial charge on any atom is -0.314 e. The van der Waals surface area contributed by atoms with Crippen LogP contribution in [0.5, 0.6) is 0 Å². The van der Waals surface area contributed by atoms with E-state index in [1.165, 1.54) is 56.4 Å². The molecule has 1 saturated carbocycles. The van der Waals surface area contributed by atoms with Gasteiger partial charge in [-0.3, -0.25) is 0 Å². The third kappa shape index (κ3) is 3.96. The van der Waals surface area contributed by atoms with Crippen LogP contribution in [-0.2, 0) is 6.42 Å². The number of aryl methyl sites for hydroxylation is 1. The van der Waals surface area contributed by atoms with Crippen LogP contribution in [0.15, 0.2) is 17.5 Å². The van der Waals surface area contributed by atoms with Crippen LogP contribution in [0.2, 0.25) is 0 Å². The van der Waals surface area contributed by atoms with Crippen LogP contribution in [0.25, 0.3) is 0 Å². The van der Waals surface area contributed by atoms with Gasteiger partial charge in [-0.25, -0.2) is 0 Å². The van der Waals surface area contributed by atoms with Crippen molar-refractivity contribution in [2.45, 2.75) is 51.0 Å². The molecule has 0 amide bonds. The molecule has 2 rings (SSSR count). The summed E-state index contributed by atoms with van der Waals surface area (Å²) in [7, 11) is 0. The largest absolute Gasteiger partial charge is 0.314 e. The van der Waals surface area contributed by atoms with E-state index in [0.29, 0.717) is 0 Å². The van der Waals surface area contributed by atoms with E-state index in [1.807, 2.05) is 11.3 Å². The molecule has 1 nitrogen and oxygen atoms in total. The summed E-state index contributed by atoms with van der Waals surface area (Å²) >= 11 is 1.88. The molecule has 0 atom stereocenters. The van der Waals surface area contributed by atoms with Crippen molar-refractivity contribution in [3.05, 3.63) is 22.4 Å². The predicted molar refractivity (Wildman–Crippen MR) is 67.5 cm³/mol. The number of nitrogens with one attached hydrogen (secondary N) is 1. The van der Waals surface area contributed by atoms with Gasteiger partial charge in [0.2, 0.25) is 0 Å². The molecule has 2 heteroatoms. The topological polar surface area (TPSA) is 12.0 Å². The van der Waals surface area contributed by atoms with Gasteiger partial charge in [0.15, 0.2) is 0 Å². The summed E-state index contributed by atoms with van der Waals surface area (Å²) in [5, 5.41) is 5.86. The van der Waals surface area contributed by atoms with Crippen LogP contribution in [0, 0.1) is 0 Å². The highest BCUT2D eigenvalue weighted by Gasteiger charge is 2.11. The average Bonchev–Trinajstić information content (AvgIpc) is 2.79. The van der Waals surface area contributed by atoms with Crippen molar-refractivity contribution < 1.29 is 0 Å². The van der Waals surface area contributed by atoms with Gasteiger partial charge in [0.05, 0.1) is 0 Å². The van der Waals surface area contributed by atoms with Gasteiger partial charge in [-0.2, -0.15) is 0 Å². The van der Waals surface area contributed by atoms with Gasteiger partial charge >= 0.3 is 0 Å². The molecule has 0 aliphatic heterocycles. The van der Waals surface area contributed by atoms with Crippen LogP contribution in [-0.4, -0.2) is 12.6 Å². The van der Waals surface area contributed by atoms with Crippen LogP contribution >= 0.6 is 11.3 Å². The van der Waals surface area contributed by atoms with Crippen molar-refractivity contribution in [3.8, 4) is 0 Å². The molecular formula is C13H21NS. The van der Waals surface area contributed by atoms with Crippen molar-refractivity contribution >= 4 is 11.3 Å². The fraction of sp³-hybridized carbons (Fsp3) is 0.692. The Morgan fingerprint density at radius 3 is 2.87 bits per heavy atom. The van der Waals surface area contributed by atoms with Crippen molar-refractivity contribution in [3.63, 3.8) is 0 Å². The van der Waals surface area contributed by atoms with E-state index in [9.17, 15) is 0 Å². The summed E-state index contributed by atoms with van der Waals surface area (Å²) in [4.78, 5) is 1.53. The monoisotopic (exact) mass is 223 g/mol. The maximum atomic E-state index is 3.69. The lowest BCUT2D eigenvalue weighted by Crippen LogP contribution is -2.31. The Bertz CT molecular complexity index is 250. The summed E-state index contributed by atoms with van der Waals surface area (Å²) in [5.41, 5.74) is 0. The van der Waals surface area contributed by atoms with Gasteiger partial charge in [0.25, 0.3) is 0 Å². The molecule has 1 aromatic rings. The van der Waals surface area contributed by atoms with Crippen molar-refractivity contribution in [1.82, 2.24) is 5.32 Å². The van der Waals surface area contributed by atoms with Crippen LogP contribution in [0.4, 0.5) is 0 Å². The Kier molecular flexibility index (Phi) is 4.68. The zero-order valence-electron chi connectivity index (χ0n) is 9.37. The molecule has 0 bridgehead atoms. The zero-order valence-corrected chi connectivity index (χ0v) is 10.2. The lowest BCUT2D eigenvalue weighted by Gasteiger charge is -2.22. The van der Waals surface area contributed by atoms with E-state index in [1.54, 1.807) is 0 Å². The molecule has 0 aromatic carbocycles. The van der Waals surface area contributed by atoms with Crippen LogP contribution in [0.1, 0.15) is 43.4 Å². The second-order valence-corrected chi connectivity index (χ2v) is 5.50. The van der Waals surface area contributed by atoms with Gasteiger partial charge in [0, 0.05) is 10.9 Å². The van der Waals surface area contributed by atoms with Crippen molar-refractivity contribution in [2.75, 3.05) is 6.54 Å². The first-order chi connectivity index (χ1) is 7.45. The van der Waals surface area contributed by atoms with E-state index in [4.69, 9.17) is 0 Å². The summed E-state index contributed by atoms with van der Waals surface area (Å²) in [6.07, 6.45) is 9.66. The smallest absolute Gasteiger partial charge is 0.00670 e. The Morgan fingerprint density at radius 1 is 1.27 bits per heavy atom. The summed E-state index contributed by atoms with van der Waals surface area (Å²) in [6.45, 7) is 1.20. The van der Waals surface area contributed by atoms with Gasteiger partial charge in [0.1, 0.15) is 0 Å². The molecule has 1 fully saturated rings. The molecule has 1 aromatic heterocycles. The molecule has 1 aliphatic rings. The Hall–Kier alpha value is -0.340. The highest BCUT2D eigenvalue weighted by molar-refractivity contribution is 7.09. The third-order valence-corrected chi connectivity index (χ3v) is 4.15. The molecular weight excluding hydrogens is 202 g/mol. The van der Waals surface area contributed by atoms with E-state index >= 15 is 0 Å². The molecule has 0 saturated heterocycles. The Morgan fingerprint density at radius 2 is 2.13 bits per heavy atom. The van der Waals surface area contributed by atoms with Crippen LogP contribution < -0.4 is 5.32 Å². The minimum atomic E-state index is 0.821. The molecule has 1 aliphatic carbocycles. The van der Waals surface area contributed by atoms with Crippen molar-refractivity contribution in [2.24, 2.45) is 0 Å². The number of rotatable bonds is 5. The zero-order chi connectivity index (χ0) is 10.3. The lowest BCUT2D eigenvalue weighted by molar-refractivity contribution is 0.372. The minimum absolute atomic E-state index is 0.821. The van der Waals surface area contributed by atoms with Gasteiger partial charge < -0.3 is 5.32 Å². The third-order valence-electron chi connectivity index (χ3n) is 3.22. The fourth-order valence-corrected chi connectivity index (χ4v) is 3.08. The van der Waals surface area contributed by atoms with Crippen molar-refractivity contribution in [1.29, 1.82) is 0 Å². The lowest BCUT2D eigenvalue weighted by atomic mass is 9.95. The molecule has 0 spiro atoms. The predicted octanol–water partition coefficient (Wildman–Crippen LogP) is 3.60. The molecule has 84 valence electrons. The highest BCUT2D eigenvalue weighted by Crippen LogP contribution is 2.17.